The third kappa shape index (κ3) is 3.55. The molecule has 1 fully saturated rings. The topological polar surface area (TPSA) is 73.1 Å². The number of aromatic nitrogens is 2. The summed E-state index contributed by atoms with van der Waals surface area (Å²) in [5, 5.41) is 0.959. The first-order valence-corrected chi connectivity index (χ1v) is 6.89. The summed E-state index contributed by atoms with van der Waals surface area (Å²) in [5.74, 6) is 7.82. The quantitative estimate of drug-likeness (QED) is 0.360. The van der Waals surface area contributed by atoms with Gasteiger partial charge < -0.3 is 10.2 Å². The van der Waals surface area contributed by atoms with E-state index in [1.807, 2.05) is 13.0 Å². The van der Waals surface area contributed by atoms with E-state index in [1.54, 1.807) is 11.8 Å². The Balaban J connectivity index is 1.98. The van der Waals surface area contributed by atoms with Crippen LogP contribution in [0.2, 0.25) is 0 Å². The number of hydrogen-bond donors (Lipinski definition) is 2. The second-order valence-electron chi connectivity index (χ2n) is 3.95. The fourth-order valence-electron chi connectivity index (χ4n) is 1.73. The van der Waals surface area contributed by atoms with Crippen molar-refractivity contribution >= 4 is 17.6 Å². The molecule has 3 N–H and O–H groups in total. The molecule has 1 aliphatic rings. The Bertz CT molecular complexity index is 346. The van der Waals surface area contributed by atoms with Crippen LogP contribution >= 0.6 is 11.8 Å². The normalized spacial score (nSPS) is 19.5. The summed E-state index contributed by atoms with van der Waals surface area (Å²) in [7, 11) is 0. The SMILES string of the molecule is CCc1nc(NN)cc(SCC2CCCO2)n1. The van der Waals surface area contributed by atoms with Crippen molar-refractivity contribution in [1.29, 1.82) is 0 Å². The highest BCUT2D eigenvalue weighted by Gasteiger charge is 2.16. The van der Waals surface area contributed by atoms with Gasteiger partial charge in [-0.15, -0.1) is 11.8 Å². The predicted octanol–water partition coefficient (Wildman–Crippen LogP) is 1.60. The molecular weight excluding hydrogens is 236 g/mol. The van der Waals surface area contributed by atoms with Crippen molar-refractivity contribution in [2.75, 3.05) is 17.8 Å². The molecule has 1 aromatic rings. The number of ether oxygens (including phenoxy) is 1. The van der Waals surface area contributed by atoms with Gasteiger partial charge in [-0.3, -0.25) is 0 Å². The highest BCUT2D eigenvalue weighted by Crippen LogP contribution is 2.23. The first kappa shape index (κ1) is 12.6. The van der Waals surface area contributed by atoms with Crippen molar-refractivity contribution in [3.63, 3.8) is 0 Å². The number of aryl methyl sites for hydroxylation is 1. The maximum absolute atomic E-state index is 5.58. The minimum absolute atomic E-state index is 0.370. The molecule has 2 rings (SSSR count). The van der Waals surface area contributed by atoms with Crippen molar-refractivity contribution in [2.24, 2.45) is 5.84 Å². The van der Waals surface area contributed by atoms with E-state index in [4.69, 9.17) is 10.6 Å². The number of nitrogens with two attached hydrogens (primary N) is 1. The van der Waals surface area contributed by atoms with Crippen LogP contribution in [0, 0.1) is 0 Å². The van der Waals surface area contributed by atoms with Crippen LogP contribution < -0.4 is 11.3 Å². The largest absolute Gasteiger partial charge is 0.377 e. The maximum Gasteiger partial charge on any atom is 0.144 e. The molecular formula is C11H18N4OS. The number of nitrogens with zero attached hydrogens (tertiary/aromatic N) is 2. The number of anilines is 1. The van der Waals surface area contributed by atoms with Gasteiger partial charge in [0, 0.05) is 24.8 Å². The molecule has 1 saturated heterocycles. The van der Waals surface area contributed by atoms with Gasteiger partial charge in [-0.25, -0.2) is 15.8 Å². The third-order valence-corrected chi connectivity index (χ3v) is 3.70. The van der Waals surface area contributed by atoms with Gasteiger partial charge in [0.25, 0.3) is 0 Å². The predicted molar refractivity (Wildman–Crippen MR) is 68.9 cm³/mol. The van der Waals surface area contributed by atoms with E-state index in [-0.39, 0.29) is 0 Å². The molecule has 0 aliphatic carbocycles. The van der Waals surface area contributed by atoms with Gasteiger partial charge in [-0.05, 0) is 12.8 Å². The van der Waals surface area contributed by atoms with E-state index < -0.39 is 0 Å². The lowest BCUT2D eigenvalue weighted by atomic mass is 10.3. The van der Waals surface area contributed by atoms with Crippen LogP contribution in [0.15, 0.2) is 11.1 Å². The minimum atomic E-state index is 0.370. The van der Waals surface area contributed by atoms with Crippen molar-refractivity contribution in [3.05, 3.63) is 11.9 Å². The van der Waals surface area contributed by atoms with Crippen LogP contribution in [0.5, 0.6) is 0 Å². The summed E-state index contributed by atoms with van der Waals surface area (Å²) in [6.45, 7) is 2.93. The zero-order valence-electron chi connectivity index (χ0n) is 9.98. The Morgan fingerprint density at radius 2 is 2.47 bits per heavy atom. The highest BCUT2D eigenvalue weighted by atomic mass is 32.2. The first-order valence-electron chi connectivity index (χ1n) is 5.90. The van der Waals surface area contributed by atoms with Crippen LogP contribution in [-0.2, 0) is 11.2 Å². The second-order valence-corrected chi connectivity index (χ2v) is 4.99. The summed E-state index contributed by atoms with van der Waals surface area (Å²) in [6.07, 6.45) is 3.50. The van der Waals surface area contributed by atoms with Gasteiger partial charge >= 0.3 is 0 Å². The number of hydrogen-bond acceptors (Lipinski definition) is 6. The fourth-order valence-corrected chi connectivity index (χ4v) is 2.72. The maximum atomic E-state index is 5.58. The Hall–Kier alpha value is -0.850. The third-order valence-electron chi connectivity index (χ3n) is 2.65. The van der Waals surface area contributed by atoms with Crippen LogP contribution in [0.1, 0.15) is 25.6 Å². The average molecular weight is 254 g/mol. The van der Waals surface area contributed by atoms with E-state index >= 15 is 0 Å². The van der Waals surface area contributed by atoms with Gasteiger partial charge in [-0.2, -0.15) is 0 Å². The zero-order valence-corrected chi connectivity index (χ0v) is 10.8. The van der Waals surface area contributed by atoms with E-state index in [0.29, 0.717) is 11.9 Å². The lowest BCUT2D eigenvalue weighted by Gasteiger charge is -2.09. The van der Waals surface area contributed by atoms with Crippen LogP contribution in [0.3, 0.4) is 0 Å². The average Bonchev–Trinajstić information content (AvgIpc) is 2.89. The van der Waals surface area contributed by atoms with Crippen LogP contribution in [-0.4, -0.2) is 28.4 Å². The number of rotatable bonds is 5. The molecule has 5 nitrogen and oxygen atoms in total. The molecule has 0 saturated carbocycles. The van der Waals surface area contributed by atoms with Crippen molar-refractivity contribution in [3.8, 4) is 0 Å². The van der Waals surface area contributed by atoms with E-state index in [1.165, 1.54) is 6.42 Å². The van der Waals surface area contributed by atoms with Crippen molar-refractivity contribution in [1.82, 2.24) is 9.97 Å². The van der Waals surface area contributed by atoms with E-state index in [0.717, 1.165) is 36.1 Å². The smallest absolute Gasteiger partial charge is 0.144 e. The summed E-state index contributed by atoms with van der Waals surface area (Å²) >= 11 is 1.71. The molecule has 0 spiro atoms. The fraction of sp³-hybridized carbons (Fsp3) is 0.636. The van der Waals surface area contributed by atoms with E-state index in [2.05, 4.69) is 15.4 Å². The number of nitrogens with one attached hydrogen (secondary N) is 1. The Morgan fingerprint density at radius 3 is 3.12 bits per heavy atom. The molecule has 1 atom stereocenters. The molecule has 0 bridgehead atoms. The molecule has 0 radical (unpaired) electrons. The molecule has 2 heterocycles. The van der Waals surface area contributed by atoms with Gasteiger partial charge in [0.05, 0.1) is 6.10 Å². The Kier molecular flexibility index (Phi) is 4.58. The summed E-state index contributed by atoms with van der Waals surface area (Å²) < 4.78 is 5.58. The second kappa shape index (κ2) is 6.18. The van der Waals surface area contributed by atoms with Gasteiger partial charge in [0.15, 0.2) is 0 Å². The standard InChI is InChI=1S/C11H18N4OS/c1-2-9-13-10(15-12)6-11(14-9)17-7-8-4-3-5-16-8/h6,8H,2-5,7,12H2,1H3,(H,13,14,15). The molecule has 94 valence electrons. The number of hydrazine groups is 1. The first-order chi connectivity index (χ1) is 8.31. The summed E-state index contributed by atoms with van der Waals surface area (Å²) in [5.41, 5.74) is 2.57. The summed E-state index contributed by atoms with van der Waals surface area (Å²) in [6, 6.07) is 1.87. The van der Waals surface area contributed by atoms with Crippen LogP contribution in [0.4, 0.5) is 5.82 Å². The Morgan fingerprint density at radius 1 is 1.59 bits per heavy atom. The minimum Gasteiger partial charge on any atom is -0.377 e. The molecule has 1 unspecified atom stereocenters. The van der Waals surface area contributed by atoms with Crippen molar-refractivity contribution in [2.45, 2.75) is 37.3 Å². The molecule has 17 heavy (non-hydrogen) atoms. The molecule has 1 aliphatic heterocycles. The summed E-state index contributed by atoms with van der Waals surface area (Å²) in [4.78, 5) is 8.72. The van der Waals surface area contributed by atoms with Gasteiger partial charge in [-0.1, -0.05) is 6.92 Å². The molecule has 0 aromatic carbocycles. The Labute approximate surface area is 106 Å². The van der Waals surface area contributed by atoms with Crippen molar-refractivity contribution < 1.29 is 4.74 Å². The number of thioether (sulfide) groups is 1. The monoisotopic (exact) mass is 254 g/mol. The molecule has 1 aromatic heterocycles. The van der Waals surface area contributed by atoms with Gasteiger partial charge in [0.1, 0.15) is 16.7 Å². The zero-order chi connectivity index (χ0) is 12.1. The lowest BCUT2D eigenvalue weighted by molar-refractivity contribution is 0.129. The van der Waals surface area contributed by atoms with Crippen LogP contribution in [0.25, 0.3) is 0 Å². The van der Waals surface area contributed by atoms with E-state index in [9.17, 15) is 0 Å². The molecule has 0 amide bonds. The molecule has 6 heteroatoms. The van der Waals surface area contributed by atoms with Gasteiger partial charge in [0.2, 0.25) is 0 Å². The number of nitrogen functional groups attached to an aromatic ring is 1. The lowest BCUT2D eigenvalue weighted by Crippen LogP contribution is -2.11. The highest BCUT2D eigenvalue weighted by molar-refractivity contribution is 7.99.